The molecule has 0 atom stereocenters. The van der Waals surface area contributed by atoms with Gasteiger partial charge in [0.15, 0.2) is 5.78 Å². The van der Waals surface area contributed by atoms with Gasteiger partial charge < -0.3 is 5.11 Å². The molecule has 3 aromatic carbocycles. The lowest BCUT2D eigenvalue weighted by molar-refractivity contribution is 0.103. The van der Waals surface area contributed by atoms with Crippen LogP contribution in [0.15, 0.2) is 85.1 Å². The number of ketones is 1. The van der Waals surface area contributed by atoms with E-state index >= 15 is 0 Å². The first-order chi connectivity index (χ1) is 12.3. The lowest BCUT2D eigenvalue weighted by Gasteiger charge is -2.12. The van der Waals surface area contributed by atoms with E-state index in [1.165, 1.54) is 0 Å². The highest BCUT2D eigenvalue weighted by Gasteiger charge is 2.19. The molecule has 4 aromatic rings. The molecule has 3 nitrogen and oxygen atoms in total. The zero-order chi connectivity index (χ0) is 17.2. The van der Waals surface area contributed by atoms with Crippen molar-refractivity contribution >= 4 is 16.6 Å². The number of carbonyl (C=O) groups is 1. The van der Waals surface area contributed by atoms with Crippen LogP contribution in [0.3, 0.4) is 0 Å². The number of carbonyl (C=O) groups excluding carboxylic acids is 1. The highest BCUT2D eigenvalue weighted by atomic mass is 16.3. The summed E-state index contributed by atoms with van der Waals surface area (Å²) in [7, 11) is 0. The van der Waals surface area contributed by atoms with Crippen molar-refractivity contribution in [2.75, 3.05) is 0 Å². The van der Waals surface area contributed by atoms with Gasteiger partial charge >= 0.3 is 0 Å². The molecule has 0 aliphatic rings. The summed E-state index contributed by atoms with van der Waals surface area (Å²) in [5, 5.41) is 12.2. The van der Waals surface area contributed by atoms with Crippen molar-refractivity contribution < 1.29 is 9.90 Å². The van der Waals surface area contributed by atoms with Gasteiger partial charge in [0.25, 0.3) is 0 Å². The van der Waals surface area contributed by atoms with Crippen molar-refractivity contribution in [1.29, 1.82) is 0 Å². The van der Waals surface area contributed by atoms with Crippen molar-refractivity contribution in [3.8, 4) is 17.0 Å². The van der Waals surface area contributed by atoms with Crippen LogP contribution in [0.4, 0.5) is 0 Å². The molecule has 0 saturated heterocycles. The Labute approximate surface area is 145 Å². The molecular weight excluding hydrogens is 310 g/mol. The maximum Gasteiger partial charge on any atom is 0.196 e. The summed E-state index contributed by atoms with van der Waals surface area (Å²) in [5.41, 5.74) is 2.42. The van der Waals surface area contributed by atoms with E-state index in [2.05, 4.69) is 4.98 Å². The Balaban J connectivity index is 2.00. The third kappa shape index (κ3) is 2.66. The highest BCUT2D eigenvalue weighted by Crippen LogP contribution is 2.37. The standard InChI is InChI=1S/C22H15NO2/c24-21(15-8-2-1-3-9-15)19-14-18(20-12-6-7-13-23-20)16-10-4-5-11-17(16)22(19)25/h1-14,25H. The number of benzene rings is 3. The summed E-state index contributed by atoms with van der Waals surface area (Å²) >= 11 is 0. The van der Waals surface area contributed by atoms with Gasteiger partial charge in [-0.15, -0.1) is 0 Å². The van der Waals surface area contributed by atoms with Crippen molar-refractivity contribution in [2.24, 2.45) is 0 Å². The molecule has 0 unspecified atom stereocenters. The quantitative estimate of drug-likeness (QED) is 0.548. The van der Waals surface area contributed by atoms with Crippen LogP contribution in [-0.2, 0) is 0 Å². The molecule has 3 heteroatoms. The van der Waals surface area contributed by atoms with Crippen LogP contribution in [0, 0.1) is 0 Å². The number of hydrogen-bond acceptors (Lipinski definition) is 3. The molecule has 4 rings (SSSR count). The molecule has 0 spiro atoms. The number of phenolic OH excluding ortho intramolecular Hbond substituents is 1. The molecule has 0 amide bonds. The monoisotopic (exact) mass is 325 g/mol. The first-order valence-electron chi connectivity index (χ1n) is 8.01. The maximum atomic E-state index is 12.9. The molecule has 0 fully saturated rings. The van der Waals surface area contributed by atoms with E-state index in [-0.39, 0.29) is 17.1 Å². The SMILES string of the molecule is O=C(c1ccccc1)c1cc(-c2ccccn2)c2ccccc2c1O. The summed E-state index contributed by atoms with van der Waals surface area (Å²) in [5.74, 6) is -0.204. The van der Waals surface area contributed by atoms with Gasteiger partial charge in [-0.25, -0.2) is 0 Å². The second-order valence-corrected chi connectivity index (χ2v) is 5.78. The van der Waals surface area contributed by atoms with E-state index in [1.54, 1.807) is 24.4 Å². The summed E-state index contributed by atoms with van der Waals surface area (Å²) in [4.78, 5) is 17.3. The minimum Gasteiger partial charge on any atom is -0.507 e. The van der Waals surface area contributed by atoms with Crippen LogP contribution >= 0.6 is 0 Å². The minimum atomic E-state index is -0.207. The molecule has 1 heterocycles. The Morgan fingerprint density at radius 2 is 1.48 bits per heavy atom. The van der Waals surface area contributed by atoms with E-state index in [0.717, 1.165) is 16.6 Å². The van der Waals surface area contributed by atoms with E-state index in [4.69, 9.17) is 0 Å². The second kappa shape index (κ2) is 6.21. The number of rotatable bonds is 3. The molecule has 25 heavy (non-hydrogen) atoms. The van der Waals surface area contributed by atoms with Crippen LogP contribution in [-0.4, -0.2) is 15.9 Å². The lowest BCUT2D eigenvalue weighted by atomic mass is 9.93. The Bertz CT molecular complexity index is 1060. The number of aromatic nitrogens is 1. The Morgan fingerprint density at radius 1 is 0.800 bits per heavy atom. The predicted octanol–water partition coefficient (Wildman–Crippen LogP) is 4.84. The largest absolute Gasteiger partial charge is 0.507 e. The topological polar surface area (TPSA) is 50.2 Å². The summed E-state index contributed by atoms with van der Waals surface area (Å²) < 4.78 is 0. The van der Waals surface area contributed by atoms with Gasteiger partial charge in [0.1, 0.15) is 5.75 Å². The molecule has 1 N–H and O–H groups in total. The lowest BCUT2D eigenvalue weighted by Crippen LogP contribution is -2.03. The zero-order valence-electron chi connectivity index (χ0n) is 13.4. The number of phenols is 1. The van der Waals surface area contributed by atoms with Crippen molar-refractivity contribution in [3.63, 3.8) is 0 Å². The fourth-order valence-corrected chi connectivity index (χ4v) is 3.01. The number of aromatic hydroxyl groups is 1. The Kier molecular flexibility index (Phi) is 3.75. The average Bonchev–Trinajstić information content (AvgIpc) is 2.69. The maximum absolute atomic E-state index is 12.9. The van der Waals surface area contributed by atoms with Crippen LogP contribution in [0.1, 0.15) is 15.9 Å². The van der Waals surface area contributed by atoms with E-state index in [1.807, 2.05) is 60.7 Å². The smallest absolute Gasteiger partial charge is 0.196 e. The van der Waals surface area contributed by atoms with Gasteiger partial charge in [0.05, 0.1) is 11.3 Å². The van der Waals surface area contributed by atoms with E-state index in [0.29, 0.717) is 10.9 Å². The number of hydrogen-bond donors (Lipinski definition) is 1. The van der Waals surface area contributed by atoms with Crippen LogP contribution in [0.2, 0.25) is 0 Å². The zero-order valence-corrected chi connectivity index (χ0v) is 13.4. The fraction of sp³-hybridized carbons (Fsp3) is 0. The van der Waals surface area contributed by atoms with Gasteiger partial charge in [0.2, 0.25) is 0 Å². The first-order valence-corrected chi connectivity index (χ1v) is 8.01. The van der Waals surface area contributed by atoms with Gasteiger partial charge in [0, 0.05) is 22.7 Å². The molecule has 0 saturated carbocycles. The van der Waals surface area contributed by atoms with E-state index < -0.39 is 0 Å². The second-order valence-electron chi connectivity index (χ2n) is 5.78. The highest BCUT2D eigenvalue weighted by molar-refractivity contribution is 6.15. The summed E-state index contributed by atoms with van der Waals surface area (Å²) in [6.07, 6.45) is 1.72. The molecular formula is C22H15NO2. The van der Waals surface area contributed by atoms with Crippen molar-refractivity contribution in [3.05, 3.63) is 96.2 Å². The minimum absolute atomic E-state index is 0.00383. The van der Waals surface area contributed by atoms with E-state index in [9.17, 15) is 9.90 Å². The third-order valence-corrected chi connectivity index (χ3v) is 4.24. The van der Waals surface area contributed by atoms with Crippen LogP contribution in [0.5, 0.6) is 5.75 Å². The first kappa shape index (κ1) is 15.1. The van der Waals surface area contributed by atoms with Gasteiger partial charge in [-0.2, -0.15) is 0 Å². The number of pyridine rings is 1. The fourth-order valence-electron chi connectivity index (χ4n) is 3.01. The molecule has 120 valence electrons. The third-order valence-electron chi connectivity index (χ3n) is 4.24. The summed E-state index contributed by atoms with van der Waals surface area (Å²) in [6, 6.07) is 23.9. The van der Waals surface area contributed by atoms with Crippen LogP contribution < -0.4 is 0 Å². The molecule has 1 aromatic heterocycles. The van der Waals surface area contributed by atoms with Crippen molar-refractivity contribution in [1.82, 2.24) is 4.98 Å². The van der Waals surface area contributed by atoms with Gasteiger partial charge in [-0.1, -0.05) is 60.7 Å². The van der Waals surface area contributed by atoms with Gasteiger partial charge in [-0.3, -0.25) is 9.78 Å². The molecule has 0 aliphatic carbocycles. The van der Waals surface area contributed by atoms with Gasteiger partial charge in [-0.05, 0) is 23.6 Å². The van der Waals surface area contributed by atoms with Crippen molar-refractivity contribution in [2.45, 2.75) is 0 Å². The van der Waals surface area contributed by atoms with Crippen LogP contribution in [0.25, 0.3) is 22.0 Å². The predicted molar refractivity (Wildman–Crippen MR) is 98.7 cm³/mol. The molecule has 0 radical (unpaired) electrons. The Hall–Kier alpha value is -3.46. The Morgan fingerprint density at radius 3 is 2.20 bits per heavy atom. The number of nitrogens with zero attached hydrogens (tertiary/aromatic N) is 1. The molecule has 0 bridgehead atoms. The average molecular weight is 325 g/mol. The number of fused-ring (bicyclic) bond motifs is 1. The summed E-state index contributed by atoms with van der Waals surface area (Å²) in [6.45, 7) is 0. The molecule has 0 aliphatic heterocycles. The normalized spacial score (nSPS) is 10.7.